The number of alkyl halides is 1. The molecule has 0 aromatic heterocycles. The van der Waals surface area contributed by atoms with E-state index in [-0.39, 0.29) is 11.7 Å². The first-order valence-electron chi connectivity index (χ1n) is 6.84. The molecular formula is C15H20BrNO2. The largest absolute Gasteiger partial charge is 0.508 e. The van der Waals surface area contributed by atoms with Gasteiger partial charge in [0.25, 0.3) is 0 Å². The topological polar surface area (TPSA) is 40.5 Å². The molecule has 1 atom stereocenters. The summed E-state index contributed by atoms with van der Waals surface area (Å²) < 4.78 is 0. The highest BCUT2D eigenvalue weighted by atomic mass is 79.9. The maximum atomic E-state index is 12.3. The molecular weight excluding hydrogens is 306 g/mol. The zero-order valence-electron chi connectivity index (χ0n) is 11.0. The van der Waals surface area contributed by atoms with Crippen LogP contribution >= 0.6 is 15.9 Å². The molecule has 1 saturated heterocycles. The van der Waals surface area contributed by atoms with Crippen LogP contribution in [-0.4, -0.2) is 33.8 Å². The summed E-state index contributed by atoms with van der Waals surface area (Å²) in [5.41, 5.74) is 0.721. The third kappa shape index (κ3) is 3.72. The summed E-state index contributed by atoms with van der Waals surface area (Å²) in [6.45, 7) is 0.860. The fourth-order valence-corrected chi connectivity index (χ4v) is 3.03. The first kappa shape index (κ1) is 14.4. The van der Waals surface area contributed by atoms with Gasteiger partial charge < -0.3 is 10.0 Å². The minimum atomic E-state index is 0.138. The lowest BCUT2D eigenvalue weighted by Crippen LogP contribution is -2.36. The lowest BCUT2D eigenvalue weighted by molar-refractivity contribution is -0.131. The van der Waals surface area contributed by atoms with Crippen LogP contribution in [0.15, 0.2) is 24.3 Å². The van der Waals surface area contributed by atoms with Crippen molar-refractivity contribution < 1.29 is 9.90 Å². The van der Waals surface area contributed by atoms with Crippen molar-refractivity contribution in [1.82, 2.24) is 4.90 Å². The van der Waals surface area contributed by atoms with Gasteiger partial charge in [0.05, 0.1) is 6.42 Å². The van der Waals surface area contributed by atoms with Crippen LogP contribution in [0.2, 0.25) is 0 Å². The van der Waals surface area contributed by atoms with Crippen LogP contribution in [0, 0.1) is 0 Å². The first-order chi connectivity index (χ1) is 9.22. The number of amides is 1. The van der Waals surface area contributed by atoms with Gasteiger partial charge in [-0.15, -0.1) is 0 Å². The van der Waals surface area contributed by atoms with Gasteiger partial charge in [0.2, 0.25) is 5.91 Å². The van der Waals surface area contributed by atoms with Gasteiger partial charge in [-0.1, -0.05) is 34.1 Å². The summed E-state index contributed by atoms with van der Waals surface area (Å²) in [6, 6.07) is 7.47. The average Bonchev–Trinajstić information content (AvgIpc) is 2.87. The van der Waals surface area contributed by atoms with E-state index in [1.54, 1.807) is 12.1 Å². The number of carbonyl (C=O) groups excluding carboxylic acids is 1. The summed E-state index contributed by atoms with van der Waals surface area (Å²) in [4.78, 5) is 14.3. The zero-order chi connectivity index (χ0) is 13.7. The van der Waals surface area contributed by atoms with E-state index in [0.717, 1.165) is 43.1 Å². The van der Waals surface area contributed by atoms with E-state index in [2.05, 4.69) is 15.9 Å². The highest BCUT2D eigenvalue weighted by molar-refractivity contribution is 9.09. The van der Waals surface area contributed by atoms with Gasteiger partial charge in [-0.2, -0.15) is 0 Å². The van der Waals surface area contributed by atoms with Crippen LogP contribution in [0.3, 0.4) is 0 Å². The number of aromatic hydroxyl groups is 1. The Morgan fingerprint density at radius 1 is 1.42 bits per heavy atom. The van der Waals surface area contributed by atoms with E-state index < -0.39 is 0 Å². The molecule has 0 spiro atoms. The summed E-state index contributed by atoms with van der Waals surface area (Å²) in [5.74, 6) is 0.352. The van der Waals surface area contributed by atoms with Crippen molar-refractivity contribution in [2.75, 3.05) is 11.9 Å². The Labute approximate surface area is 122 Å². The monoisotopic (exact) mass is 325 g/mol. The molecule has 3 nitrogen and oxygen atoms in total. The van der Waals surface area contributed by atoms with Crippen molar-refractivity contribution in [3.8, 4) is 5.75 Å². The van der Waals surface area contributed by atoms with Crippen LogP contribution in [0.1, 0.15) is 31.2 Å². The number of hydrogen-bond donors (Lipinski definition) is 1. The number of phenolic OH excluding ortho intramolecular Hbond substituents is 1. The van der Waals surface area contributed by atoms with Crippen LogP contribution in [0.25, 0.3) is 0 Å². The van der Waals surface area contributed by atoms with E-state index in [1.807, 2.05) is 17.0 Å². The molecule has 1 aromatic carbocycles. The van der Waals surface area contributed by atoms with Crippen molar-refractivity contribution in [3.05, 3.63) is 29.8 Å². The Balaban J connectivity index is 1.97. The molecule has 1 aromatic rings. The number of phenols is 1. The number of benzene rings is 1. The van der Waals surface area contributed by atoms with Crippen LogP contribution in [0.4, 0.5) is 0 Å². The number of nitrogens with zero attached hydrogens (tertiary/aromatic N) is 1. The van der Waals surface area contributed by atoms with E-state index in [0.29, 0.717) is 12.5 Å². The van der Waals surface area contributed by atoms with Crippen molar-refractivity contribution in [2.45, 2.75) is 38.1 Å². The van der Waals surface area contributed by atoms with Gasteiger partial charge in [0.15, 0.2) is 0 Å². The molecule has 4 heteroatoms. The van der Waals surface area contributed by atoms with Gasteiger partial charge in [-0.05, 0) is 31.7 Å². The highest BCUT2D eigenvalue weighted by Crippen LogP contribution is 2.24. The maximum Gasteiger partial charge on any atom is 0.227 e. The SMILES string of the molecule is O=C(Cc1ccccc1O)N1CCCC1CCCBr. The predicted molar refractivity (Wildman–Crippen MR) is 79.6 cm³/mol. The predicted octanol–water partition coefficient (Wildman–Crippen LogP) is 3.10. The molecule has 0 radical (unpaired) electrons. The summed E-state index contributed by atoms with van der Waals surface area (Å²) in [7, 11) is 0. The Hall–Kier alpha value is -1.03. The van der Waals surface area contributed by atoms with Gasteiger partial charge in [0.1, 0.15) is 5.75 Å². The van der Waals surface area contributed by atoms with Gasteiger partial charge in [-0.3, -0.25) is 4.79 Å². The zero-order valence-corrected chi connectivity index (χ0v) is 12.6. The average molecular weight is 326 g/mol. The molecule has 1 unspecified atom stereocenters. The smallest absolute Gasteiger partial charge is 0.227 e. The van der Waals surface area contributed by atoms with Gasteiger partial charge in [0, 0.05) is 23.5 Å². The summed E-state index contributed by atoms with van der Waals surface area (Å²) in [5, 5.41) is 10.7. The molecule has 0 aliphatic carbocycles. The van der Waals surface area contributed by atoms with E-state index in [9.17, 15) is 9.90 Å². The van der Waals surface area contributed by atoms with Gasteiger partial charge >= 0.3 is 0 Å². The fraction of sp³-hybridized carbons (Fsp3) is 0.533. The molecule has 0 saturated carbocycles. The maximum absolute atomic E-state index is 12.3. The standard InChI is InChI=1S/C15H20BrNO2/c16-9-3-6-13-7-4-10-17(13)15(19)11-12-5-1-2-8-14(12)18/h1-2,5,8,13,18H,3-4,6-7,9-11H2. The minimum absolute atomic E-state index is 0.138. The lowest BCUT2D eigenvalue weighted by Gasteiger charge is -2.24. The number of para-hydroxylation sites is 1. The van der Waals surface area contributed by atoms with Crippen LogP contribution < -0.4 is 0 Å². The first-order valence-corrected chi connectivity index (χ1v) is 7.97. The second-order valence-corrected chi connectivity index (χ2v) is 5.81. The lowest BCUT2D eigenvalue weighted by atomic mass is 10.1. The Morgan fingerprint density at radius 3 is 2.95 bits per heavy atom. The summed E-state index contributed by atoms with van der Waals surface area (Å²) >= 11 is 3.44. The summed E-state index contributed by atoms with van der Waals surface area (Å²) in [6.07, 6.45) is 4.68. The fourth-order valence-electron chi connectivity index (χ4n) is 2.70. The van der Waals surface area contributed by atoms with Crippen molar-refractivity contribution >= 4 is 21.8 Å². The number of rotatable bonds is 5. The third-order valence-electron chi connectivity index (χ3n) is 3.70. The van der Waals surface area contributed by atoms with Crippen molar-refractivity contribution in [2.24, 2.45) is 0 Å². The molecule has 19 heavy (non-hydrogen) atoms. The molecule has 1 fully saturated rings. The molecule has 1 N–H and O–H groups in total. The molecule has 1 amide bonds. The van der Waals surface area contributed by atoms with Crippen LogP contribution in [0.5, 0.6) is 5.75 Å². The molecule has 1 aliphatic rings. The second kappa shape index (κ2) is 6.94. The Kier molecular flexibility index (Phi) is 5.25. The number of halogens is 1. The Bertz CT molecular complexity index is 436. The molecule has 1 aliphatic heterocycles. The van der Waals surface area contributed by atoms with Crippen molar-refractivity contribution in [3.63, 3.8) is 0 Å². The van der Waals surface area contributed by atoms with E-state index >= 15 is 0 Å². The minimum Gasteiger partial charge on any atom is -0.508 e. The second-order valence-electron chi connectivity index (χ2n) is 5.02. The molecule has 2 rings (SSSR count). The Morgan fingerprint density at radius 2 is 2.21 bits per heavy atom. The molecule has 104 valence electrons. The number of hydrogen-bond acceptors (Lipinski definition) is 2. The van der Waals surface area contributed by atoms with Gasteiger partial charge in [-0.25, -0.2) is 0 Å². The molecule has 1 heterocycles. The number of likely N-dealkylation sites (tertiary alicyclic amines) is 1. The van der Waals surface area contributed by atoms with Crippen molar-refractivity contribution in [1.29, 1.82) is 0 Å². The number of carbonyl (C=O) groups is 1. The normalized spacial score (nSPS) is 18.8. The van der Waals surface area contributed by atoms with Crippen LogP contribution in [-0.2, 0) is 11.2 Å². The van der Waals surface area contributed by atoms with E-state index in [4.69, 9.17) is 0 Å². The third-order valence-corrected chi connectivity index (χ3v) is 4.26. The highest BCUT2D eigenvalue weighted by Gasteiger charge is 2.28. The molecule has 0 bridgehead atoms. The van der Waals surface area contributed by atoms with E-state index in [1.165, 1.54) is 0 Å². The quantitative estimate of drug-likeness (QED) is 0.845.